The minimum Gasteiger partial charge on any atom is -0.338 e. The van der Waals surface area contributed by atoms with E-state index in [1.54, 1.807) is 15.9 Å². The number of aromatic nitrogens is 4. The normalized spacial score (nSPS) is 11.3. The van der Waals surface area contributed by atoms with Gasteiger partial charge in [-0.1, -0.05) is 35.1 Å². The molecule has 0 aliphatic rings. The second-order valence-electron chi connectivity index (χ2n) is 7.21. The molecular weight excluding hydrogens is 428 g/mol. The maximum Gasteiger partial charge on any atom is 0.266 e. The molecule has 0 radical (unpaired) electrons. The summed E-state index contributed by atoms with van der Waals surface area (Å²) in [5.74, 6) is 1.46. The molecule has 154 valence electrons. The van der Waals surface area contributed by atoms with Crippen molar-refractivity contribution in [2.24, 2.45) is 0 Å². The summed E-state index contributed by atoms with van der Waals surface area (Å²) < 4.78 is 7.09. The smallest absolute Gasteiger partial charge is 0.266 e. The lowest BCUT2D eigenvalue weighted by Gasteiger charge is -2.14. The maximum absolute atomic E-state index is 13.4. The van der Waals surface area contributed by atoms with Crippen LogP contribution in [0, 0.1) is 13.8 Å². The molecule has 0 aliphatic heterocycles. The molecule has 3 heterocycles. The Labute approximate surface area is 186 Å². The van der Waals surface area contributed by atoms with Gasteiger partial charge < -0.3 is 4.52 Å². The Bertz CT molecular complexity index is 1420. The van der Waals surface area contributed by atoms with E-state index in [2.05, 4.69) is 16.2 Å². The predicted octanol–water partition coefficient (Wildman–Crippen LogP) is 5.41. The van der Waals surface area contributed by atoms with Crippen molar-refractivity contribution < 1.29 is 4.52 Å². The van der Waals surface area contributed by atoms with E-state index in [1.165, 1.54) is 11.8 Å². The van der Waals surface area contributed by atoms with E-state index in [-0.39, 0.29) is 5.56 Å². The highest BCUT2D eigenvalue weighted by molar-refractivity contribution is 7.98. The molecule has 0 spiro atoms. The van der Waals surface area contributed by atoms with Crippen molar-refractivity contribution in [1.82, 2.24) is 19.7 Å². The zero-order valence-electron chi connectivity index (χ0n) is 16.9. The van der Waals surface area contributed by atoms with Crippen molar-refractivity contribution >= 4 is 34.0 Å². The molecule has 0 fully saturated rings. The molecule has 0 amide bonds. The zero-order chi connectivity index (χ0) is 21.4. The largest absolute Gasteiger partial charge is 0.338 e. The first-order chi connectivity index (χ1) is 15.1. The summed E-state index contributed by atoms with van der Waals surface area (Å²) in [6.45, 7) is 4.04. The van der Waals surface area contributed by atoms with Crippen molar-refractivity contribution in [3.63, 3.8) is 0 Å². The van der Waals surface area contributed by atoms with E-state index < -0.39 is 0 Å². The number of thioether (sulfide) groups is 1. The number of hydrogen-bond donors (Lipinski definition) is 0. The molecule has 5 rings (SSSR count). The van der Waals surface area contributed by atoms with Gasteiger partial charge in [0.25, 0.3) is 5.56 Å². The van der Waals surface area contributed by atoms with Crippen molar-refractivity contribution in [3.8, 4) is 17.1 Å². The molecule has 0 aliphatic carbocycles. The summed E-state index contributed by atoms with van der Waals surface area (Å²) >= 11 is 2.99. The van der Waals surface area contributed by atoms with Crippen molar-refractivity contribution in [2.75, 3.05) is 0 Å². The molecule has 0 saturated carbocycles. The first kappa shape index (κ1) is 19.7. The third-order valence-electron chi connectivity index (χ3n) is 4.78. The number of fused-ring (bicyclic) bond motifs is 1. The molecule has 8 heteroatoms. The molecular formula is C23H18N4O2S2. The molecule has 0 saturated heterocycles. The Hall–Kier alpha value is -3.23. The van der Waals surface area contributed by atoms with Crippen LogP contribution in [0.15, 0.2) is 73.8 Å². The molecule has 2 aromatic carbocycles. The third kappa shape index (κ3) is 3.92. The number of rotatable bonds is 5. The minimum absolute atomic E-state index is 0.0948. The van der Waals surface area contributed by atoms with Gasteiger partial charge >= 0.3 is 0 Å². The number of nitrogens with zero attached hydrogens (tertiary/aromatic N) is 4. The summed E-state index contributed by atoms with van der Waals surface area (Å²) in [4.78, 5) is 22.7. The van der Waals surface area contributed by atoms with Gasteiger partial charge in [0.1, 0.15) is 0 Å². The quantitative estimate of drug-likeness (QED) is 0.266. The number of hydrogen-bond acceptors (Lipinski definition) is 7. The lowest BCUT2D eigenvalue weighted by molar-refractivity contribution is 0.391. The summed E-state index contributed by atoms with van der Waals surface area (Å²) in [6.07, 6.45) is 0. The maximum atomic E-state index is 13.4. The highest BCUT2D eigenvalue weighted by Gasteiger charge is 2.16. The van der Waals surface area contributed by atoms with E-state index >= 15 is 0 Å². The van der Waals surface area contributed by atoms with Gasteiger partial charge in [-0.2, -0.15) is 16.3 Å². The molecule has 0 N–H and O–H groups in total. The predicted molar refractivity (Wildman–Crippen MR) is 124 cm³/mol. The topological polar surface area (TPSA) is 73.8 Å². The van der Waals surface area contributed by atoms with Gasteiger partial charge in [-0.15, -0.1) is 0 Å². The van der Waals surface area contributed by atoms with Gasteiger partial charge in [-0.05, 0) is 60.7 Å². The van der Waals surface area contributed by atoms with E-state index in [9.17, 15) is 4.79 Å². The number of thiophene rings is 1. The van der Waals surface area contributed by atoms with Crippen LogP contribution in [0.4, 0.5) is 0 Å². The second-order valence-corrected chi connectivity index (χ2v) is 8.93. The van der Waals surface area contributed by atoms with Crippen LogP contribution in [-0.2, 0) is 5.75 Å². The average Bonchev–Trinajstić information content (AvgIpc) is 3.43. The average molecular weight is 447 g/mol. The Morgan fingerprint density at radius 3 is 2.65 bits per heavy atom. The first-order valence-electron chi connectivity index (χ1n) is 9.67. The summed E-state index contributed by atoms with van der Waals surface area (Å²) in [5.41, 5.74) is 4.48. The molecule has 31 heavy (non-hydrogen) atoms. The number of benzene rings is 2. The minimum atomic E-state index is -0.0948. The van der Waals surface area contributed by atoms with Gasteiger partial charge in [0, 0.05) is 10.9 Å². The zero-order valence-corrected chi connectivity index (χ0v) is 18.5. The second kappa shape index (κ2) is 8.13. The third-order valence-corrected chi connectivity index (χ3v) is 6.39. The van der Waals surface area contributed by atoms with Gasteiger partial charge in [-0.25, -0.2) is 4.98 Å². The molecule has 0 atom stereocenters. The van der Waals surface area contributed by atoms with E-state index in [1.807, 2.05) is 67.1 Å². The van der Waals surface area contributed by atoms with Crippen molar-refractivity contribution in [2.45, 2.75) is 24.8 Å². The van der Waals surface area contributed by atoms with Gasteiger partial charge in [0.2, 0.25) is 11.7 Å². The van der Waals surface area contributed by atoms with Gasteiger partial charge in [0.15, 0.2) is 5.16 Å². The summed E-state index contributed by atoms with van der Waals surface area (Å²) in [6, 6.07) is 15.4. The van der Waals surface area contributed by atoms with E-state index in [4.69, 9.17) is 9.51 Å². The van der Waals surface area contributed by atoms with Crippen LogP contribution < -0.4 is 5.56 Å². The molecule has 6 nitrogen and oxygen atoms in total. The van der Waals surface area contributed by atoms with Crippen LogP contribution >= 0.6 is 23.1 Å². The van der Waals surface area contributed by atoms with E-state index in [0.717, 1.165) is 22.4 Å². The monoisotopic (exact) mass is 446 g/mol. The lowest BCUT2D eigenvalue weighted by Crippen LogP contribution is -2.22. The highest BCUT2D eigenvalue weighted by Crippen LogP contribution is 2.26. The summed E-state index contributed by atoms with van der Waals surface area (Å²) in [5, 5.41) is 9.18. The Kier molecular flexibility index (Phi) is 5.17. The standard InChI is InChI=1S/C23H18N4O2S2/c1-14-9-15(2)11-17(10-14)27-22(28)18-5-3-4-6-19(18)24-23(27)31-13-20-25-21(26-29-20)16-7-8-30-12-16/h3-12H,13H2,1-2H3. The van der Waals surface area contributed by atoms with Crippen LogP contribution in [-0.4, -0.2) is 19.7 Å². The molecule has 0 bridgehead atoms. The fraction of sp³-hybridized carbons (Fsp3) is 0.130. The Morgan fingerprint density at radius 2 is 1.87 bits per heavy atom. The van der Waals surface area contributed by atoms with Crippen LogP contribution in [0.2, 0.25) is 0 Å². The highest BCUT2D eigenvalue weighted by atomic mass is 32.2. The molecule has 0 unspecified atom stereocenters. The van der Waals surface area contributed by atoms with E-state index in [0.29, 0.717) is 33.5 Å². The molecule has 5 aromatic rings. The van der Waals surface area contributed by atoms with Gasteiger partial charge in [-0.3, -0.25) is 9.36 Å². The Balaban J connectivity index is 1.56. The first-order valence-corrected chi connectivity index (χ1v) is 11.6. The van der Waals surface area contributed by atoms with Crippen molar-refractivity contribution in [3.05, 3.63) is 86.7 Å². The molecule has 3 aromatic heterocycles. The van der Waals surface area contributed by atoms with Crippen LogP contribution in [0.1, 0.15) is 17.0 Å². The Morgan fingerprint density at radius 1 is 1.06 bits per heavy atom. The lowest BCUT2D eigenvalue weighted by atomic mass is 10.1. The van der Waals surface area contributed by atoms with Crippen LogP contribution in [0.25, 0.3) is 28.0 Å². The van der Waals surface area contributed by atoms with Crippen molar-refractivity contribution in [1.29, 1.82) is 0 Å². The SMILES string of the molecule is Cc1cc(C)cc(-n2c(SCc3nc(-c4ccsc4)no3)nc3ccccc3c2=O)c1. The fourth-order valence-electron chi connectivity index (χ4n) is 3.47. The summed E-state index contributed by atoms with van der Waals surface area (Å²) in [7, 11) is 0. The number of aryl methyl sites for hydroxylation is 2. The van der Waals surface area contributed by atoms with Gasteiger partial charge in [0.05, 0.1) is 22.3 Å². The van der Waals surface area contributed by atoms with Crippen LogP contribution in [0.5, 0.6) is 0 Å². The van der Waals surface area contributed by atoms with Crippen LogP contribution in [0.3, 0.4) is 0 Å². The fourth-order valence-corrected chi connectivity index (χ4v) is 4.95. The number of para-hydroxylation sites is 1.